The Morgan fingerprint density at radius 1 is 1.35 bits per heavy atom. The molecule has 4 rings (SSSR count). The number of amides is 1. The van der Waals surface area contributed by atoms with Gasteiger partial charge in [0.25, 0.3) is 5.91 Å². The summed E-state index contributed by atoms with van der Waals surface area (Å²) in [7, 11) is 0. The lowest BCUT2D eigenvalue weighted by Crippen LogP contribution is -2.39. The molecule has 0 bridgehead atoms. The number of thiazole rings is 1. The summed E-state index contributed by atoms with van der Waals surface area (Å²) in [4.78, 5) is 28.7. The van der Waals surface area contributed by atoms with Crippen LogP contribution < -0.4 is 0 Å². The molecule has 0 spiro atoms. The van der Waals surface area contributed by atoms with Crippen LogP contribution in [0.5, 0.6) is 0 Å². The molecule has 1 aliphatic rings. The minimum absolute atomic E-state index is 0.129. The molecule has 1 atom stereocenters. The van der Waals surface area contributed by atoms with Gasteiger partial charge < -0.3 is 9.88 Å². The van der Waals surface area contributed by atoms with Gasteiger partial charge in [-0.3, -0.25) is 4.79 Å². The first kappa shape index (κ1) is 17.2. The highest BCUT2D eigenvalue weighted by atomic mass is 32.1. The molecule has 1 fully saturated rings. The standard InChI is InChI=1S/C20H24N4OS/c1-4-15-18(26-13(3)21-15)20(25)24-10-6-8-14(11-24)19-22-16-9-5-7-12(2)17(16)23-19/h5,7,9,14H,4,6,8,10-11H2,1-3H3,(H,22,23). The number of nitrogens with one attached hydrogen (secondary N) is 1. The van der Waals surface area contributed by atoms with E-state index in [4.69, 9.17) is 4.98 Å². The van der Waals surface area contributed by atoms with Crippen molar-refractivity contribution in [3.63, 3.8) is 0 Å². The number of likely N-dealkylation sites (tertiary alicyclic amines) is 1. The largest absolute Gasteiger partial charge is 0.342 e. The van der Waals surface area contributed by atoms with Gasteiger partial charge in [0.2, 0.25) is 0 Å². The van der Waals surface area contributed by atoms with Crippen LogP contribution in [0.3, 0.4) is 0 Å². The normalized spacial score (nSPS) is 17.8. The van der Waals surface area contributed by atoms with Crippen molar-refractivity contribution >= 4 is 28.3 Å². The Kier molecular flexibility index (Phi) is 4.53. The summed E-state index contributed by atoms with van der Waals surface area (Å²) in [6.07, 6.45) is 2.86. The van der Waals surface area contributed by atoms with Crippen LogP contribution >= 0.6 is 11.3 Å². The number of H-pyrrole nitrogens is 1. The Morgan fingerprint density at radius 2 is 2.19 bits per heavy atom. The summed E-state index contributed by atoms with van der Waals surface area (Å²) < 4.78 is 0. The fourth-order valence-corrected chi connectivity index (χ4v) is 4.77. The number of aryl methyl sites for hydroxylation is 3. The molecule has 1 saturated heterocycles. The summed E-state index contributed by atoms with van der Waals surface area (Å²) in [6.45, 7) is 7.64. The van der Waals surface area contributed by atoms with Crippen molar-refractivity contribution in [3.8, 4) is 0 Å². The van der Waals surface area contributed by atoms with Crippen LogP contribution in [-0.4, -0.2) is 38.8 Å². The number of hydrogen-bond donors (Lipinski definition) is 1. The molecule has 2 aromatic heterocycles. The molecule has 3 heterocycles. The third-order valence-electron chi connectivity index (χ3n) is 5.16. The molecule has 1 unspecified atom stereocenters. The highest BCUT2D eigenvalue weighted by molar-refractivity contribution is 7.13. The van der Waals surface area contributed by atoms with E-state index in [-0.39, 0.29) is 11.8 Å². The van der Waals surface area contributed by atoms with Crippen molar-refractivity contribution < 1.29 is 4.79 Å². The summed E-state index contributed by atoms with van der Waals surface area (Å²) in [6, 6.07) is 6.20. The molecule has 136 valence electrons. The van der Waals surface area contributed by atoms with Gasteiger partial charge in [0, 0.05) is 19.0 Å². The quantitative estimate of drug-likeness (QED) is 0.753. The van der Waals surface area contributed by atoms with Crippen LogP contribution in [-0.2, 0) is 6.42 Å². The number of nitrogens with zero attached hydrogens (tertiary/aromatic N) is 3. The average molecular weight is 369 g/mol. The van der Waals surface area contributed by atoms with Crippen LogP contribution in [0.25, 0.3) is 11.0 Å². The summed E-state index contributed by atoms with van der Waals surface area (Å²) >= 11 is 1.52. The van der Waals surface area contributed by atoms with E-state index < -0.39 is 0 Å². The number of aromatic amines is 1. The smallest absolute Gasteiger partial charge is 0.265 e. The fraction of sp³-hybridized carbons (Fsp3) is 0.450. The molecule has 1 aromatic carbocycles. The molecule has 0 saturated carbocycles. The first-order chi connectivity index (χ1) is 12.6. The zero-order valence-corrected chi connectivity index (χ0v) is 16.3. The minimum atomic E-state index is 0.129. The van der Waals surface area contributed by atoms with Crippen molar-refractivity contribution in [2.45, 2.75) is 46.0 Å². The van der Waals surface area contributed by atoms with E-state index >= 15 is 0 Å². The zero-order valence-electron chi connectivity index (χ0n) is 15.5. The van der Waals surface area contributed by atoms with Gasteiger partial charge in [0.15, 0.2) is 0 Å². The summed E-state index contributed by atoms with van der Waals surface area (Å²) in [5.41, 5.74) is 4.23. The minimum Gasteiger partial charge on any atom is -0.342 e. The van der Waals surface area contributed by atoms with E-state index in [1.807, 2.05) is 11.8 Å². The van der Waals surface area contributed by atoms with Crippen LogP contribution in [0.2, 0.25) is 0 Å². The Balaban J connectivity index is 1.58. The lowest BCUT2D eigenvalue weighted by Gasteiger charge is -2.31. The lowest BCUT2D eigenvalue weighted by molar-refractivity contribution is 0.0708. The van der Waals surface area contributed by atoms with Gasteiger partial charge in [0.05, 0.1) is 21.7 Å². The second-order valence-electron chi connectivity index (χ2n) is 7.05. The van der Waals surface area contributed by atoms with Gasteiger partial charge in [-0.2, -0.15) is 0 Å². The van der Waals surface area contributed by atoms with E-state index in [0.717, 1.165) is 64.8 Å². The van der Waals surface area contributed by atoms with Crippen molar-refractivity contribution in [2.24, 2.45) is 0 Å². The first-order valence-electron chi connectivity index (χ1n) is 9.27. The van der Waals surface area contributed by atoms with E-state index in [1.54, 1.807) is 0 Å². The molecule has 3 aromatic rings. The Morgan fingerprint density at radius 3 is 2.96 bits per heavy atom. The predicted molar refractivity (Wildman–Crippen MR) is 105 cm³/mol. The van der Waals surface area contributed by atoms with Crippen LogP contribution in [0, 0.1) is 13.8 Å². The molecular formula is C20H24N4OS. The highest BCUT2D eigenvalue weighted by Gasteiger charge is 2.29. The lowest BCUT2D eigenvalue weighted by atomic mass is 9.97. The molecule has 1 aliphatic heterocycles. The number of para-hydroxylation sites is 1. The third-order valence-corrected chi connectivity index (χ3v) is 6.16. The molecule has 1 amide bonds. The molecule has 0 aliphatic carbocycles. The number of imidazole rings is 1. The summed E-state index contributed by atoms with van der Waals surface area (Å²) in [5.74, 6) is 1.39. The van der Waals surface area contributed by atoms with E-state index in [1.165, 1.54) is 16.9 Å². The van der Waals surface area contributed by atoms with Crippen LogP contribution in [0.15, 0.2) is 18.2 Å². The molecule has 5 nitrogen and oxygen atoms in total. The fourth-order valence-electron chi connectivity index (χ4n) is 3.79. The maximum Gasteiger partial charge on any atom is 0.265 e. The van der Waals surface area contributed by atoms with Crippen molar-refractivity contribution in [1.82, 2.24) is 19.9 Å². The summed E-state index contributed by atoms with van der Waals surface area (Å²) in [5, 5.41) is 0.964. The number of carbonyl (C=O) groups excluding carboxylic acids is 1. The van der Waals surface area contributed by atoms with Gasteiger partial charge in [-0.1, -0.05) is 19.1 Å². The van der Waals surface area contributed by atoms with Gasteiger partial charge in [-0.05, 0) is 44.7 Å². The van der Waals surface area contributed by atoms with E-state index in [9.17, 15) is 4.79 Å². The molecule has 1 N–H and O–H groups in total. The van der Waals surface area contributed by atoms with Crippen molar-refractivity contribution in [1.29, 1.82) is 0 Å². The van der Waals surface area contributed by atoms with Crippen LogP contribution in [0.4, 0.5) is 0 Å². The number of fused-ring (bicyclic) bond motifs is 1. The van der Waals surface area contributed by atoms with Gasteiger partial charge in [-0.15, -0.1) is 11.3 Å². The second-order valence-corrected chi connectivity index (χ2v) is 8.25. The second kappa shape index (κ2) is 6.83. The molecular weight excluding hydrogens is 344 g/mol. The van der Waals surface area contributed by atoms with E-state index in [0.29, 0.717) is 0 Å². The van der Waals surface area contributed by atoms with Crippen molar-refractivity contribution in [2.75, 3.05) is 13.1 Å². The van der Waals surface area contributed by atoms with E-state index in [2.05, 4.69) is 42.0 Å². The maximum absolute atomic E-state index is 13.1. The van der Waals surface area contributed by atoms with Gasteiger partial charge >= 0.3 is 0 Å². The Bertz CT molecular complexity index is 958. The number of carbonyl (C=O) groups is 1. The third kappa shape index (κ3) is 3.03. The topological polar surface area (TPSA) is 61.9 Å². The number of benzene rings is 1. The first-order valence-corrected chi connectivity index (χ1v) is 10.1. The Labute approximate surface area is 157 Å². The zero-order chi connectivity index (χ0) is 18.3. The predicted octanol–water partition coefficient (Wildman–Crippen LogP) is 4.22. The average Bonchev–Trinajstić information content (AvgIpc) is 3.25. The molecule has 0 radical (unpaired) electrons. The SMILES string of the molecule is CCc1nc(C)sc1C(=O)N1CCCC(c2nc3c(C)cccc3[nH]2)C1. The van der Waals surface area contributed by atoms with Gasteiger partial charge in [-0.25, -0.2) is 9.97 Å². The maximum atomic E-state index is 13.1. The van der Waals surface area contributed by atoms with Crippen molar-refractivity contribution in [3.05, 3.63) is 45.2 Å². The number of piperidine rings is 1. The molecule has 6 heteroatoms. The number of hydrogen-bond acceptors (Lipinski definition) is 4. The highest BCUT2D eigenvalue weighted by Crippen LogP contribution is 2.30. The monoisotopic (exact) mass is 368 g/mol. The number of aromatic nitrogens is 3. The Hall–Kier alpha value is -2.21. The van der Waals surface area contributed by atoms with Crippen LogP contribution in [0.1, 0.15) is 57.4 Å². The number of rotatable bonds is 3. The van der Waals surface area contributed by atoms with Gasteiger partial charge in [0.1, 0.15) is 10.7 Å². The molecule has 26 heavy (non-hydrogen) atoms.